The lowest BCUT2D eigenvalue weighted by Crippen LogP contribution is -2.56. The van der Waals surface area contributed by atoms with Gasteiger partial charge >= 0.3 is 0 Å². The molecule has 0 spiro atoms. The predicted octanol–water partition coefficient (Wildman–Crippen LogP) is 1.22. The molecule has 0 bridgehead atoms. The van der Waals surface area contributed by atoms with Gasteiger partial charge in [0.05, 0.1) is 0 Å². The SMILES string of the molecule is CNC1CCN(C2CCS(=O)CC2)C(C)C1C. The lowest BCUT2D eigenvalue weighted by atomic mass is 9.85. The van der Waals surface area contributed by atoms with Crippen molar-refractivity contribution >= 4 is 10.8 Å². The Hall–Kier alpha value is 0.0700. The van der Waals surface area contributed by atoms with E-state index in [0.717, 1.165) is 24.3 Å². The third-order valence-electron chi connectivity index (χ3n) is 4.81. The summed E-state index contributed by atoms with van der Waals surface area (Å²) in [4.78, 5) is 2.68. The van der Waals surface area contributed by atoms with Crippen molar-refractivity contribution in [2.75, 3.05) is 25.1 Å². The van der Waals surface area contributed by atoms with Crippen molar-refractivity contribution in [3.8, 4) is 0 Å². The van der Waals surface area contributed by atoms with Crippen LogP contribution >= 0.6 is 0 Å². The standard InChI is InChI=1S/C13H26N2OS/c1-10-11(2)15(7-4-13(10)14-3)12-5-8-17(16)9-6-12/h10-14H,4-9H2,1-3H3. The average Bonchev–Trinajstić information content (AvgIpc) is 2.34. The predicted molar refractivity (Wildman–Crippen MR) is 73.7 cm³/mol. The zero-order chi connectivity index (χ0) is 12.4. The van der Waals surface area contributed by atoms with Gasteiger partial charge in [-0.05, 0) is 39.2 Å². The first-order valence-corrected chi connectivity index (χ1v) is 8.40. The minimum absolute atomic E-state index is 0.533. The summed E-state index contributed by atoms with van der Waals surface area (Å²) in [5.41, 5.74) is 0. The van der Waals surface area contributed by atoms with Crippen LogP contribution in [0.4, 0.5) is 0 Å². The molecule has 0 saturated carbocycles. The molecular formula is C13H26N2OS. The highest BCUT2D eigenvalue weighted by atomic mass is 32.2. The molecule has 2 saturated heterocycles. The minimum atomic E-state index is -0.533. The summed E-state index contributed by atoms with van der Waals surface area (Å²) < 4.78 is 11.4. The van der Waals surface area contributed by atoms with Crippen LogP contribution < -0.4 is 5.32 Å². The van der Waals surface area contributed by atoms with Gasteiger partial charge in [0.25, 0.3) is 0 Å². The molecular weight excluding hydrogens is 232 g/mol. The summed E-state index contributed by atoms with van der Waals surface area (Å²) in [6.07, 6.45) is 3.52. The van der Waals surface area contributed by atoms with Gasteiger partial charge < -0.3 is 5.32 Å². The van der Waals surface area contributed by atoms with E-state index in [4.69, 9.17) is 0 Å². The average molecular weight is 258 g/mol. The van der Waals surface area contributed by atoms with Crippen LogP contribution in [0.1, 0.15) is 33.1 Å². The van der Waals surface area contributed by atoms with Crippen molar-refractivity contribution in [1.29, 1.82) is 0 Å². The smallest absolute Gasteiger partial charge is 0.0249 e. The first-order valence-electron chi connectivity index (χ1n) is 6.91. The molecule has 2 rings (SSSR count). The van der Waals surface area contributed by atoms with E-state index in [1.54, 1.807) is 0 Å². The van der Waals surface area contributed by atoms with Gasteiger partial charge in [0, 0.05) is 47.0 Å². The van der Waals surface area contributed by atoms with E-state index in [1.807, 2.05) is 0 Å². The van der Waals surface area contributed by atoms with Crippen LogP contribution in [-0.4, -0.2) is 52.3 Å². The molecule has 17 heavy (non-hydrogen) atoms. The Morgan fingerprint density at radius 2 is 1.82 bits per heavy atom. The van der Waals surface area contributed by atoms with E-state index in [-0.39, 0.29) is 0 Å². The summed E-state index contributed by atoms with van der Waals surface area (Å²) in [6.45, 7) is 5.92. The van der Waals surface area contributed by atoms with Crippen molar-refractivity contribution < 1.29 is 4.21 Å². The van der Waals surface area contributed by atoms with Crippen LogP contribution in [0.5, 0.6) is 0 Å². The van der Waals surface area contributed by atoms with Crippen LogP contribution in [0.2, 0.25) is 0 Å². The fourth-order valence-electron chi connectivity index (χ4n) is 3.43. The monoisotopic (exact) mass is 258 g/mol. The third-order valence-corrected chi connectivity index (χ3v) is 6.20. The molecule has 1 N–H and O–H groups in total. The lowest BCUT2D eigenvalue weighted by molar-refractivity contribution is 0.0449. The molecule has 4 heteroatoms. The van der Waals surface area contributed by atoms with Gasteiger partial charge in [-0.15, -0.1) is 0 Å². The molecule has 3 nitrogen and oxygen atoms in total. The maximum atomic E-state index is 11.4. The maximum absolute atomic E-state index is 11.4. The number of nitrogens with one attached hydrogen (secondary N) is 1. The fourth-order valence-corrected chi connectivity index (χ4v) is 4.70. The lowest BCUT2D eigenvalue weighted by Gasteiger charge is -2.47. The van der Waals surface area contributed by atoms with Gasteiger partial charge in [0.15, 0.2) is 0 Å². The Kier molecular flexibility index (Phi) is 4.61. The third kappa shape index (κ3) is 2.91. The van der Waals surface area contributed by atoms with Crippen molar-refractivity contribution in [3.63, 3.8) is 0 Å². The molecule has 2 fully saturated rings. The molecule has 3 atom stereocenters. The molecule has 0 amide bonds. The Bertz CT molecular complexity index is 275. The van der Waals surface area contributed by atoms with Crippen molar-refractivity contribution in [2.24, 2.45) is 5.92 Å². The molecule has 2 aliphatic heterocycles. The number of nitrogens with zero attached hydrogens (tertiary/aromatic N) is 1. The summed E-state index contributed by atoms with van der Waals surface area (Å²) in [5, 5.41) is 3.44. The largest absolute Gasteiger partial charge is 0.317 e. The Balaban J connectivity index is 1.95. The molecule has 2 aliphatic rings. The number of hydrogen-bond donors (Lipinski definition) is 1. The van der Waals surface area contributed by atoms with E-state index < -0.39 is 10.8 Å². The number of rotatable bonds is 2. The second kappa shape index (κ2) is 5.81. The summed E-state index contributed by atoms with van der Waals surface area (Å²) >= 11 is 0. The Labute approximate surface area is 108 Å². The molecule has 0 radical (unpaired) electrons. The highest BCUT2D eigenvalue weighted by molar-refractivity contribution is 7.85. The summed E-state index contributed by atoms with van der Waals surface area (Å²) in [5.74, 6) is 2.54. The Morgan fingerprint density at radius 1 is 1.18 bits per heavy atom. The quantitative estimate of drug-likeness (QED) is 0.808. The summed E-state index contributed by atoms with van der Waals surface area (Å²) in [7, 11) is 1.54. The van der Waals surface area contributed by atoms with E-state index in [2.05, 4.69) is 31.1 Å². The summed E-state index contributed by atoms with van der Waals surface area (Å²) in [6, 6.07) is 2.00. The van der Waals surface area contributed by atoms with Crippen molar-refractivity contribution in [1.82, 2.24) is 10.2 Å². The van der Waals surface area contributed by atoms with Crippen molar-refractivity contribution in [3.05, 3.63) is 0 Å². The van der Waals surface area contributed by atoms with Gasteiger partial charge in [-0.1, -0.05) is 6.92 Å². The van der Waals surface area contributed by atoms with Crippen LogP contribution in [0.15, 0.2) is 0 Å². The fraction of sp³-hybridized carbons (Fsp3) is 1.00. The van der Waals surface area contributed by atoms with Crippen LogP contribution in [-0.2, 0) is 10.8 Å². The highest BCUT2D eigenvalue weighted by Gasteiger charge is 2.36. The van der Waals surface area contributed by atoms with E-state index in [9.17, 15) is 4.21 Å². The second-order valence-electron chi connectivity index (χ2n) is 5.60. The minimum Gasteiger partial charge on any atom is -0.317 e. The van der Waals surface area contributed by atoms with Crippen molar-refractivity contribution in [2.45, 2.75) is 51.2 Å². The van der Waals surface area contributed by atoms with E-state index in [1.165, 1.54) is 13.0 Å². The molecule has 0 aromatic rings. The molecule has 100 valence electrons. The normalized spacial score (nSPS) is 44.8. The van der Waals surface area contributed by atoms with Crippen LogP contribution in [0.25, 0.3) is 0 Å². The van der Waals surface area contributed by atoms with Gasteiger partial charge in [0.2, 0.25) is 0 Å². The molecule has 0 aliphatic carbocycles. The molecule has 0 aromatic carbocycles. The van der Waals surface area contributed by atoms with E-state index >= 15 is 0 Å². The number of likely N-dealkylation sites (tertiary alicyclic amines) is 1. The molecule has 2 heterocycles. The molecule has 3 unspecified atom stereocenters. The van der Waals surface area contributed by atoms with E-state index in [0.29, 0.717) is 24.0 Å². The zero-order valence-electron chi connectivity index (χ0n) is 11.3. The van der Waals surface area contributed by atoms with Gasteiger partial charge in [-0.3, -0.25) is 9.11 Å². The van der Waals surface area contributed by atoms with Gasteiger partial charge in [-0.2, -0.15) is 0 Å². The first-order chi connectivity index (χ1) is 8.13. The maximum Gasteiger partial charge on any atom is 0.0249 e. The van der Waals surface area contributed by atoms with Crippen LogP contribution in [0, 0.1) is 5.92 Å². The van der Waals surface area contributed by atoms with Gasteiger partial charge in [0.1, 0.15) is 0 Å². The highest BCUT2D eigenvalue weighted by Crippen LogP contribution is 2.28. The first kappa shape index (κ1) is 13.5. The van der Waals surface area contributed by atoms with Crippen LogP contribution in [0.3, 0.4) is 0 Å². The number of piperidine rings is 1. The zero-order valence-corrected chi connectivity index (χ0v) is 12.1. The van der Waals surface area contributed by atoms with Gasteiger partial charge in [-0.25, -0.2) is 0 Å². The Morgan fingerprint density at radius 3 is 2.41 bits per heavy atom. The second-order valence-corrected chi connectivity index (χ2v) is 7.30. The number of hydrogen-bond acceptors (Lipinski definition) is 3. The topological polar surface area (TPSA) is 32.3 Å². The molecule has 0 aromatic heterocycles.